The van der Waals surface area contributed by atoms with Crippen LogP contribution in [0.2, 0.25) is 0 Å². The van der Waals surface area contributed by atoms with Crippen LogP contribution in [0.1, 0.15) is 18.9 Å². The first-order chi connectivity index (χ1) is 6.33. The minimum atomic E-state index is 1.12. The van der Waals surface area contributed by atoms with Crippen LogP contribution in [0.25, 0.3) is 10.9 Å². The molecule has 2 aromatic rings. The maximum absolute atomic E-state index is 2.34. The van der Waals surface area contributed by atoms with Gasteiger partial charge in [-0.15, -0.1) is 0 Å². The zero-order valence-electron chi connectivity index (χ0n) is 8.25. The highest BCUT2D eigenvalue weighted by Crippen LogP contribution is 2.20. The Morgan fingerprint density at radius 3 is 2.77 bits per heavy atom. The fraction of sp³-hybridized carbons (Fsp3) is 0.333. The molecule has 1 nitrogen and oxygen atoms in total. The molecule has 0 atom stereocenters. The van der Waals surface area contributed by atoms with Gasteiger partial charge in [-0.2, -0.15) is 0 Å². The van der Waals surface area contributed by atoms with Gasteiger partial charge in [0.15, 0.2) is 0 Å². The molecule has 2 rings (SSSR count). The molecule has 0 unspecified atom stereocenters. The van der Waals surface area contributed by atoms with Crippen LogP contribution in [0.3, 0.4) is 0 Å². The molecule has 0 saturated heterocycles. The number of para-hydroxylation sites is 1. The smallest absolute Gasteiger partial charge is 0.0483 e. The molecule has 0 aliphatic carbocycles. The maximum Gasteiger partial charge on any atom is 0.0483 e. The van der Waals surface area contributed by atoms with E-state index in [0.29, 0.717) is 0 Å². The van der Waals surface area contributed by atoms with Gasteiger partial charge < -0.3 is 4.57 Å². The first-order valence-electron chi connectivity index (χ1n) is 4.87. The first kappa shape index (κ1) is 8.36. The summed E-state index contributed by atoms with van der Waals surface area (Å²) < 4.78 is 2.34. The van der Waals surface area contributed by atoms with Crippen molar-refractivity contribution in [3.8, 4) is 0 Å². The lowest BCUT2D eigenvalue weighted by Gasteiger charge is -2.01. The SMILES string of the molecule is CCCn1cc(C)c2ccccc21. The number of nitrogens with zero attached hydrogens (tertiary/aromatic N) is 1. The fourth-order valence-electron chi connectivity index (χ4n) is 1.86. The van der Waals surface area contributed by atoms with E-state index >= 15 is 0 Å². The van der Waals surface area contributed by atoms with Crippen LogP contribution in [-0.4, -0.2) is 4.57 Å². The van der Waals surface area contributed by atoms with Crippen molar-refractivity contribution in [1.29, 1.82) is 0 Å². The monoisotopic (exact) mass is 173 g/mol. The van der Waals surface area contributed by atoms with Crippen molar-refractivity contribution in [3.05, 3.63) is 36.0 Å². The highest BCUT2D eigenvalue weighted by atomic mass is 14.9. The lowest BCUT2D eigenvalue weighted by atomic mass is 10.2. The standard InChI is InChI=1S/C12H15N/c1-3-8-13-9-10(2)11-6-4-5-7-12(11)13/h4-7,9H,3,8H2,1-2H3. The van der Waals surface area contributed by atoms with E-state index in [1.807, 2.05) is 0 Å². The normalized spacial score (nSPS) is 10.9. The van der Waals surface area contributed by atoms with Crippen molar-refractivity contribution in [2.24, 2.45) is 0 Å². The topological polar surface area (TPSA) is 4.93 Å². The van der Waals surface area contributed by atoms with E-state index in [1.165, 1.54) is 22.9 Å². The number of hydrogen-bond donors (Lipinski definition) is 0. The van der Waals surface area contributed by atoms with E-state index in [2.05, 4.69) is 48.9 Å². The first-order valence-corrected chi connectivity index (χ1v) is 4.87. The number of fused-ring (bicyclic) bond motifs is 1. The van der Waals surface area contributed by atoms with Crippen molar-refractivity contribution in [3.63, 3.8) is 0 Å². The minimum Gasteiger partial charge on any atom is -0.347 e. The molecule has 13 heavy (non-hydrogen) atoms. The lowest BCUT2D eigenvalue weighted by molar-refractivity contribution is 0.702. The molecule has 0 spiro atoms. The third-order valence-electron chi connectivity index (χ3n) is 2.45. The number of rotatable bonds is 2. The van der Waals surface area contributed by atoms with Crippen LogP contribution >= 0.6 is 0 Å². The molecule has 68 valence electrons. The Morgan fingerprint density at radius 2 is 2.00 bits per heavy atom. The molecule has 1 aromatic carbocycles. The van der Waals surface area contributed by atoms with Gasteiger partial charge in [0.05, 0.1) is 0 Å². The van der Waals surface area contributed by atoms with E-state index in [-0.39, 0.29) is 0 Å². The lowest BCUT2D eigenvalue weighted by Crippen LogP contribution is -1.93. The van der Waals surface area contributed by atoms with Gasteiger partial charge in [0.1, 0.15) is 0 Å². The summed E-state index contributed by atoms with van der Waals surface area (Å²) in [5.74, 6) is 0. The third kappa shape index (κ3) is 1.35. The average molecular weight is 173 g/mol. The molecule has 0 aliphatic rings. The summed E-state index contributed by atoms with van der Waals surface area (Å²) in [7, 11) is 0. The van der Waals surface area contributed by atoms with Gasteiger partial charge in [-0.25, -0.2) is 0 Å². The van der Waals surface area contributed by atoms with E-state index in [9.17, 15) is 0 Å². The maximum atomic E-state index is 2.34. The Balaban J connectivity index is 2.63. The van der Waals surface area contributed by atoms with Crippen molar-refractivity contribution in [2.45, 2.75) is 26.8 Å². The largest absolute Gasteiger partial charge is 0.347 e. The predicted octanol–water partition coefficient (Wildman–Crippen LogP) is 3.36. The van der Waals surface area contributed by atoms with Gasteiger partial charge in [0.25, 0.3) is 0 Å². The van der Waals surface area contributed by atoms with Crippen LogP contribution in [-0.2, 0) is 6.54 Å². The molecule has 1 heteroatoms. The summed E-state index contributed by atoms with van der Waals surface area (Å²) in [5.41, 5.74) is 2.74. The minimum absolute atomic E-state index is 1.12. The second-order valence-electron chi connectivity index (χ2n) is 3.52. The van der Waals surface area contributed by atoms with Gasteiger partial charge >= 0.3 is 0 Å². The summed E-state index contributed by atoms with van der Waals surface area (Å²) in [5, 5.41) is 1.39. The molecular formula is C12H15N. The average Bonchev–Trinajstić information content (AvgIpc) is 2.46. The van der Waals surface area contributed by atoms with Gasteiger partial charge in [-0.05, 0) is 25.0 Å². The zero-order chi connectivity index (χ0) is 9.26. The molecular weight excluding hydrogens is 158 g/mol. The highest BCUT2D eigenvalue weighted by Gasteiger charge is 2.02. The van der Waals surface area contributed by atoms with E-state index in [0.717, 1.165) is 6.54 Å². The Kier molecular flexibility index (Phi) is 2.09. The van der Waals surface area contributed by atoms with Gasteiger partial charge in [0.2, 0.25) is 0 Å². The van der Waals surface area contributed by atoms with Gasteiger partial charge in [0, 0.05) is 23.6 Å². The molecule has 1 aromatic heterocycles. The second kappa shape index (κ2) is 3.25. The van der Waals surface area contributed by atoms with Crippen molar-refractivity contribution < 1.29 is 0 Å². The third-order valence-corrected chi connectivity index (χ3v) is 2.45. The molecule has 0 N–H and O–H groups in total. The Labute approximate surface area is 79.0 Å². The summed E-state index contributed by atoms with van der Waals surface area (Å²) in [4.78, 5) is 0. The number of aryl methyl sites for hydroxylation is 2. The molecule has 0 amide bonds. The molecule has 1 heterocycles. The van der Waals surface area contributed by atoms with Crippen LogP contribution in [0.15, 0.2) is 30.5 Å². The van der Waals surface area contributed by atoms with E-state index < -0.39 is 0 Å². The molecule has 0 saturated carbocycles. The number of benzene rings is 1. The predicted molar refractivity (Wildman–Crippen MR) is 57.0 cm³/mol. The van der Waals surface area contributed by atoms with E-state index in [4.69, 9.17) is 0 Å². The summed E-state index contributed by atoms with van der Waals surface area (Å²) in [6.45, 7) is 5.51. The van der Waals surface area contributed by atoms with Crippen molar-refractivity contribution in [1.82, 2.24) is 4.57 Å². The van der Waals surface area contributed by atoms with Crippen LogP contribution < -0.4 is 0 Å². The van der Waals surface area contributed by atoms with Gasteiger partial charge in [-0.3, -0.25) is 0 Å². The van der Waals surface area contributed by atoms with E-state index in [1.54, 1.807) is 0 Å². The summed E-state index contributed by atoms with van der Waals surface area (Å²) >= 11 is 0. The number of aromatic nitrogens is 1. The fourth-order valence-corrected chi connectivity index (χ4v) is 1.86. The van der Waals surface area contributed by atoms with Crippen LogP contribution in [0, 0.1) is 6.92 Å². The highest BCUT2D eigenvalue weighted by molar-refractivity contribution is 5.83. The van der Waals surface area contributed by atoms with Crippen LogP contribution in [0.5, 0.6) is 0 Å². The Morgan fingerprint density at radius 1 is 1.23 bits per heavy atom. The summed E-state index contributed by atoms with van der Waals surface area (Å²) in [6, 6.07) is 8.59. The van der Waals surface area contributed by atoms with Crippen molar-refractivity contribution >= 4 is 10.9 Å². The zero-order valence-corrected chi connectivity index (χ0v) is 8.25. The van der Waals surface area contributed by atoms with Crippen LogP contribution in [0.4, 0.5) is 0 Å². The molecule has 0 aliphatic heterocycles. The summed E-state index contributed by atoms with van der Waals surface area (Å²) in [6.07, 6.45) is 3.44. The second-order valence-corrected chi connectivity index (χ2v) is 3.52. The quantitative estimate of drug-likeness (QED) is 0.656. The number of hydrogen-bond acceptors (Lipinski definition) is 0. The Hall–Kier alpha value is -1.24. The molecule has 0 radical (unpaired) electrons. The molecule has 0 fully saturated rings. The molecule has 0 bridgehead atoms. The van der Waals surface area contributed by atoms with Crippen molar-refractivity contribution in [2.75, 3.05) is 0 Å². The Bertz CT molecular complexity index is 412. The van der Waals surface area contributed by atoms with Gasteiger partial charge in [-0.1, -0.05) is 25.1 Å².